The Balaban J connectivity index is 0.000000164. The van der Waals surface area contributed by atoms with Gasteiger partial charge < -0.3 is 75.6 Å². The number of aryl methyl sites for hydroxylation is 2. The fourth-order valence-electron chi connectivity index (χ4n) is 14.6. The van der Waals surface area contributed by atoms with Gasteiger partial charge in [-0.25, -0.2) is 0 Å². The molecule has 5 atom stereocenters. The second-order valence-corrected chi connectivity index (χ2v) is 27.4. The maximum Gasteiger partial charge on any atom is 0.0756 e. The first kappa shape index (κ1) is 76.1. The van der Waals surface area contributed by atoms with E-state index in [-0.39, 0.29) is 76.7 Å². The molecule has 0 bridgehead atoms. The quantitative estimate of drug-likeness (QED) is 0.0206. The number of aliphatic hydroxyl groups is 10. The number of halogens is 3. The Bertz CT molecular complexity index is 3970. The van der Waals surface area contributed by atoms with E-state index in [1.807, 2.05) is 92.4 Å². The summed E-state index contributed by atoms with van der Waals surface area (Å²) in [6.07, 6.45) is 4.41. The Hall–Kier alpha value is -7.55. The van der Waals surface area contributed by atoms with Crippen LogP contribution in [0.5, 0.6) is 0 Å². The van der Waals surface area contributed by atoms with Crippen molar-refractivity contribution in [1.29, 1.82) is 0 Å². The van der Waals surface area contributed by atoms with Gasteiger partial charge in [-0.2, -0.15) is 0 Å². The van der Waals surface area contributed by atoms with E-state index in [0.717, 1.165) is 88.4 Å². The average molecular weight is 1430 g/mol. The van der Waals surface area contributed by atoms with Gasteiger partial charge >= 0.3 is 0 Å². The van der Waals surface area contributed by atoms with Crippen molar-refractivity contribution in [3.63, 3.8) is 0 Å². The fourth-order valence-corrected chi connectivity index (χ4v) is 15.0. The third-order valence-electron chi connectivity index (χ3n) is 19.4. The Morgan fingerprint density at radius 2 is 0.644 bits per heavy atom. The number of β-amino-alcohol motifs (C(OH)–C–C–N with tert-alkyl or cyclic N) is 3. The van der Waals surface area contributed by atoms with Gasteiger partial charge in [-0.1, -0.05) is 150 Å². The SMILES string of the molecule is OCCN(CCO)c1ccc(C(c2ccc(Cl)cc2)c2ccc3c(c2)CC(O)CC3)cc1.OCCN(CCO)c1ccc(C(c2ccc(Cl)cc2)c2ccc3c(c2)CC(O)CN3CCO)cc1.OCCN(CCO)c1ccc(C(c2ccc(Cl)cc2)c2ccc3c(c2)CCCN3CCO)cc1. The summed E-state index contributed by atoms with van der Waals surface area (Å²) in [5.41, 5.74) is 20.5. The van der Waals surface area contributed by atoms with Crippen LogP contribution in [-0.4, -0.2) is 182 Å². The molecule has 0 amide bonds. The summed E-state index contributed by atoms with van der Waals surface area (Å²) in [5.74, 6) is 0.0462. The van der Waals surface area contributed by atoms with Crippen molar-refractivity contribution in [3.05, 3.63) is 288 Å². The van der Waals surface area contributed by atoms with Crippen LogP contribution in [0, 0.1) is 0 Å². The van der Waals surface area contributed by atoms with E-state index in [1.54, 1.807) is 0 Å². The minimum atomic E-state index is -0.471. The molecule has 534 valence electrons. The highest BCUT2D eigenvalue weighted by Crippen LogP contribution is 2.41. The monoisotopic (exact) mass is 1430 g/mol. The summed E-state index contributed by atoms with van der Waals surface area (Å²) < 4.78 is 0. The van der Waals surface area contributed by atoms with Crippen LogP contribution in [0.1, 0.15) is 103 Å². The molecular weight excluding hydrogens is 1330 g/mol. The molecule has 9 aromatic carbocycles. The third-order valence-corrected chi connectivity index (χ3v) is 20.2. The van der Waals surface area contributed by atoms with Crippen molar-refractivity contribution in [1.82, 2.24) is 0 Å². The minimum absolute atomic E-state index is 0.0173. The van der Waals surface area contributed by atoms with Crippen molar-refractivity contribution in [2.45, 2.75) is 68.5 Å². The average Bonchev–Trinajstić information content (AvgIpc) is 0.797. The Labute approximate surface area is 609 Å². The molecular formula is C83H96Cl3N5O10. The minimum Gasteiger partial charge on any atom is -0.395 e. The molecule has 0 saturated heterocycles. The highest BCUT2D eigenvalue weighted by atomic mass is 35.5. The first-order chi connectivity index (χ1) is 49.3. The summed E-state index contributed by atoms with van der Waals surface area (Å²) in [4.78, 5) is 10.2. The van der Waals surface area contributed by atoms with Crippen LogP contribution in [-0.2, 0) is 25.7 Å². The first-order valence-electron chi connectivity index (χ1n) is 35.2. The van der Waals surface area contributed by atoms with Gasteiger partial charge in [0.15, 0.2) is 0 Å². The van der Waals surface area contributed by atoms with Crippen molar-refractivity contribution < 1.29 is 51.1 Å². The predicted molar refractivity (Wildman–Crippen MR) is 410 cm³/mol. The topological polar surface area (TPSA) is 218 Å². The lowest BCUT2D eigenvalue weighted by Gasteiger charge is -2.34. The largest absolute Gasteiger partial charge is 0.395 e. The molecule has 15 nitrogen and oxygen atoms in total. The zero-order valence-corrected chi connectivity index (χ0v) is 59.5. The lowest BCUT2D eigenvalue weighted by molar-refractivity contribution is 0.158. The molecule has 0 spiro atoms. The van der Waals surface area contributed by atoms with Crippen LogP contribution in [0.2, 0.25) is 15.1 Å². The summed E-state index contributed by atoms with van der Waals surface area (Å²) in [7, 11) is 0. The molecule has 3 aliphatic rings. The van der Waals surface area contributed by atoms with Crippen molar-refractivity contribution in [2.24, 2.45) is 0 Å². The van der Waals surface area contributed by atoms with E-state index < -0.39 is 6.10 Å². The molecule has 101 heavy (non-hydrogen) atoms. The number of aliphatic hydroxyl groups excluding tert-OH is 10. The second-order valence-electron chi connectivity index (χ2n) is 26.1. The second kappa shape index (κ2) is 38.1. The zero-order chi connectivity index (χ0) is 71.2. The van der Waals surface area contributed by atoms with Crippen LogP contribution in [0.3, 0.4) is 0 Å². The van der Waals surface area contributed by atoms with Crippen molar-refractivity contribution >= 4 is 63.2 Å². The number of fused-ring (bicyclic) bond motifs is 3. The maximum atomic E-state index is 10.4. The summed E-state index contributed by atoms with van der Waals surface area (Å²) in [6, 6.07) is 68.6. The van der Waals surface area contributed by atoms with Crippen LogP contribution in [0.4, 0.5) is 28.4 Å². The number of hydrogen-bond acceptors (Lipinski definition) is 15. The summed E-state index contributed by atoms with van der Waals surface area (Å²) in [6.45, 7) is 5.87. The van der Waals surface area contributed by atoms with E-state index in [4.69, 9.17) is 34.8 Å². The maximum absolute atomic E-state index is 10.4. The molecule has 2 heterocycles. The van der Waals surface area contributed by atoms with Gasteiger partial charge in [0.25, 0.3) is 0 Å². The molecule has 5 unspecified atom stereocenters. The predicted octanol–water partition coefficient (Wildman–Crippen LogP) is 11.2. The van der Waals surface area contributed by atoms with E-state index in [0.29, 0.717) is 86.8 Å². The lowest BCUT2D eigenvalue weighted by atomic mass is 9.81. The van der Waals surface area contributed by atoms with Crippen molar-refractivity contribution in [2.75, 3.05) is 143 Å². The Kier molecular flexibility index (Phi) is 28.7. The van der Waals surface area contributed by atoms with Gasteiger partial charge in [0.2, 0.25) is 0 Å². The van der Waals surface area contributed by atoms with Crippen LogP contribution >= 0.6 is 34.8 Å². The molecule has 2 aliphatic heterocycles. The fraction of sp³-hybridized carbons (Fsp3) is 0.349. The molecule has 12 rings (SSSR count). The standard InChI is InChI=1S/C28H33ClN2O4.C28H33ClN2O3.C27H30ClNO3/c29-24-6-1-20(2-7-24)28(21-3-8-25(9-4-21)30(11-14-32)12-15-33)22-5-10-27-23(17-22)18-26(35)19-31(27)13-16-34;29-25-8-3-21(4-9-25)28(22-5-10-26(11-6-22)30(14-17-32)15-18-33)24-7-12-27-23(20-24)2-1-13-31(27)16-19-34;28-24-8-3-20(4-9-24)27(22-2-1-19-7-12-26(32)18-23(19)17-22)21-5-10-25(11-6-21)29(13-15-30)14-16-31/h1-10,17,26,28,32-35H,11-16,18-19H2;3-12,20,28,32-34H,1-2,13-19H2;1-6,8-11,17,26-27,30-32H,7,12-16,18H2. The molecule has 10 N–H and O–H groups in total. The van der Waals surface area contributed by atoms with E-state index >= 15 is 0 Å². The van der Waals surface area contributed by atoms with Gasteiger partial charge in [0.1, 0.15) is 0 Å². The molecule has 0 aromatic heterocycles. The molecule has 9 aromatic rings. The highest BCUT2D eigenvalue weighted by molar-refractivity contribution is 6.31. The summed E-state index contributed by atoms with van der Waals surface area (Å²) in [5, 5.41) is 97.9. The van der Waals surface area contributed by atoms with Gasteiger partial charge in [0.05, 0.1) is 65.1 Å². The Morgan fingerprint density at radius 1 is 0.327 bits per heavy atom. The van der Waals surface area contributed by atoms with Crippen LogP contribution < -0.4 is 24.5 Å². The smallest absolute Gasteiger partial charge is 0.0756 e. The van der Waals surface area contributed by atoms with E-state index in [1.165, 1.54) is 44.6 Å². The normalized spacial score (nSPS) is 15.5. The molecule has 1 aliphatic carbocycles. The third kappa shape index (κ3) is 20.0. The molecule has 0 radical (unpaired) electrons. The lowest BCUT2D eigenvalue weighted by Crippen LogP contribution is -2.40. The number of nitrogens with zero attached hydrogens (tertiary/aromatic N) is 5. The van der Waals surface area contributed by atoms with E-state index in [9.17, 15) is 51.1 Å². The molecule has 18 heteroatoms. The van der Waals surface area contributed by atoms with Crippen LogP contribution in [0.25, 0.3) is 0 Å². The molecule has 0 saturated carbocycles. The Morgan fingerprint density at radius 3 is 1.02 bits per heavy atom. The van der Waals surface area contributed by atoms with Gasteiger partial charge in [-0.15, -0.1) is 0 Å². The van der Waals surface area contributed by atoms with Gasteiger partial charge in [-0.05, 0) is 189 Å². The number of anilines is 5. The number of rotatable bonds is 28. The zero-order valence-electron chi connectivity index (χ0n) is 57.3. The van der Waals surface area contributed by atoms with Crippen molar-refractivity contribution in [3.8, 4) is 0 Å². The van der Waals surface area contributed by atoms with Gasteiger partial charge in [0, 0.05) is 133 Å². The first-order valence-corrected chi connectivity index (χ1v) is 36.3. The molecule has 0 fully saturated rings. The highest BCUT2D eigenvalue weighted by Gasteiger charge is 2.28. The van der Waals surface area contributed by atoms with E-state index in [2.05, 4.69) is 132 Å². The summed E-state index contributed by atoms with van der Waals surface area (Å²) >= 11 is 18.5. The van der Waals surface area contributed by atoms with Gasteiger partial charge in [-0.3, -0.25) is 0 Å². The number of hydrogen-bond donors (Lipinski definition) is 10. The number of benzene rings is 9. The van der Waals surface area contributed by atoms with Crippen LogP contribution in [0.15, 0.2) is 200 Å².